The predicted molar refractivity (Wildman–Crippen MR) is 52.0 cm³/mol. The zero-order valence-electron chi connectivity index (χ0n) is 6.92. The lowest BCUT2D eigenvalue weighted by atomic mass is 9.99. The number of benzene rings is 1. The highest BCUT2D eigenvalue weighted by Crippen LogP contribution is 2.20. The van der Waals surface area contributed by atoms with Gasteiger partial charge in [-0.3, -0.25) is 4.99 Å². The summed E-state index contributed by atoms with van der Waals surface area (Å²) in [6.45, 7) is 2.01. The van der Waals surface area contributed by atoms with Gasteiger partial charge in [-0.1, -0.05) is 35.9 Å². The predicted octanol–water partition coefficient (Wildman–Crippen LogP) is 2.62. The molecule has 0 aromatic heterocycles. The quantitative estimate of drug-likeness (QED) is 0.429. The van der Waals surface area contributed by atoms with Gasteiger partial charge in [0.15, 0.2) is 0 Å². The first-order valence-electron chi connectivity index (χ1n) is 4.04. The molecule has 12 heavy (non-hydrogen) atoms. The van der Waals surface area contributed by atoms with Gasteiger partial charge in [0.2, 0.25) is 0 Å². The van der Waals surface area contributed by atoms with Crippen molar-refractivity contribution in [3.05, 3.63) is 35.4 Å². The highest BCUT2D eigenvalue weighted by atomic mass is 35.5. The second kappa shape index (κ2) is 2.91. The fourth-order valence-corrected chi connectivity index (χ4v) is 1.87. The van der Waals surface area contributed by atoms with E-state index in [0.717, 1.165) is 12.1 Å². The lowest BCUT2D eigenvalue weighted by molar-refractivity contribution is 0.869. The summed E-state index contributed by atoms with van der Waals surface area (Å²) in [6, 6.07) is 8.29. The summed E-state index contributed by atoms with van der Waals surface area (Å²) in [5.74, 6) is 0. The standard InChI is InChI=1S/C10H10ClN/c1-7-9-5-3-2-4-8(9)6-10(11)12-7/h2-5,10H,6H2,1H3. The zero-order chi connectivity index (χ0) is 8.55. The molecule has 0 fully saturated rings. The van der Waals surface area contributed by atoms with Gasteiger partial charge in [-0.2, -0.15) is 0 Å². The number of alkyl halides is 1. The summed E-state index contributed by atoms with van der Waals surface area (Å²) < 4.78 is 0. The van der Waals surface area contributed by atoms with E-state index in [-0.39, 0.29) is 5.50 Å². The molecule has 0 spiro atoms. The third-order valence-corrected chi connectivity index (χ3v) is 2.38. The Morgan fingerprint density at radius 1 is 1.42 bits per heavy atom. The van der Waals surface area contributed by atoms with Crippen LogP contribution in [-0.4, -0.2) is 11.2 Å². The maximum absolute atomic E-state index is 5.95. The van der Waals surface area contributed by atoms with Gasteiger partial charge in [0, 0.05) is 12.1 Å². The Hall–Kier alpha value is -0.820. The van der Waals surface area contributed by atoms with Crippen molar-refractivity contribution in [2.45, 2.75) is 18.8 Å². The third kappa shape index (κ3) is 1.25. The molecule has 62 valence electrons. The Labute approximate surface area is 77.1 Å². The van der Waals surface area contributed by atoms with Crippen molar-refractivity contribution < 1.29 is 0 Å². The van der Waals surface area contributed by atoms with Crippen molar-refractivity contribution in [3.8, 4) is 0 Å². The second-order valence-electron chi connectivity index (χ2n) is 3.01. The number of rotatable bonds is 0. The first-order chi connectivity index (χ1) is 5.77. The third-order valence-electron chi connectivity index (χ3n) is 2.13. The first kappa shape index (κ1) is 7.81. The molecule has 0 saturated carbocycles. The monoisotopic (exact) mass is 179 g/mol. The lowest BCUT2D eigenvalue weighted by Crippen LogP contribution is -2.14. The lowest BCUT2D eigenvalue weighted by Gasteiger charge is -2.17. The average molecular weight is 180 g/mol. The van der Waals surface area contributed by atoms with E-state index in [2.05, 4.69) is 17.1 Å². The molecule has 0 N–H and O–H groups in total. The summed E-state index contributed by atoms with van der Waals surface area (Å²) in [6.07, 6.45) is 0.856. The van der Waals surface area contributed by atoms with Crippen LogP contribution < -0.4 is 0 Å². The fourth-order valence-electron chi connectivity index (χ4n) is 1.56. The molecule has 0 radical (unpaired) electrons. The maximum Gasteiger partial charge on any atom is 0.128 e. The molecule has 0 saturated heterocycles. The first-order valence-corrected chi connectivity index (χ1v) is 4.48. The molecule has 1 heterocycles. The molecule has 0 amide bonds. The van der Waals surface area contributed by atoms with Gasteiger partial charge in [0.25, 0.3) is 0 Å². The molecule has 2 rings (SSSR count). The number of fused-ring (bicyclic) bond motifs is 1. The van der Waals surface area contributed by atoms with Crippen LogP contribution in [-0.2, 0) is 6.42 Å². The normalized spacial score (nSPS) is 21.5. The minimum absolute atomic E-state index is 0.0695. The van der Waals surface area contributed by atoms with E-state index >= 15 is 0 Å². The van der Waals surface area contributed by atoms with E-state index in [1.807, 2.05) is 19.1 Å². The topological polar surface area (TPSA) is 12.4 Å². The van der Waals surface area contributed by atoms with Crippen molar-refractivity contribution in [2.24, 2.45) is 4.99 Å². The molecular formula is C10H10ClN. The summed E-state index contributed by atoms with van der Waals surface area (Å²) in [4.78, 5) is 4.31. The Balaban J connectivity index is 2.53. The fraction of sp³-hybridized carbons (Fsp3) is 0.300. The number of halogens is 1. The Kier molecular flexibility index (Phi) is 1.89. The molecule has 2 heteroatoms. The Bertz CT molecular complexity index is 330. The molecule has 1 unspecified atom stereocenters. The highest BCUT2D eigenvalue weighted by molar-refractivity contribution is 6.22. The Morgan fingerprint density at radius 3 is 3.00 bits per heavy atom. The molecule has 0 bridgehead atoms. The number of aliphatic imine (C=N–C) groups is 1. The van der Waals surface area contributed by atoms with Gasteiger partial charge in [-0.05, 0) is 18.1 Å². The molecule has 1 nitrogen and oxygen atoms in total. The van der Waals surface area contributed by atoms with Gasteiger partial charge in [-0.15, -0.1) is 0 Å². The Morgan fingerprint density at radius 2 is 2.17 bits per heavy atom. The number of nitrogens with zero attached hydrogens (tertiary/aromatic N) is 1. The van der Waals surface area contributed by atoms with E-state index in [4.69, 9.17) is 11.6 Å². The van der Waals surface area contributed by atoms with Crippen LogP contribution in [0, 0.1) is 0 Å². The highest BCUT2D eigenvalue weighted by Gasteiger charge is 2.15. The smallest absolute Gasteiger partial charge is 0.128 e. The average Bonchev–Trinajstić information content (AvgIpc) is 2.04. The summed E-state index contributed by atoms with van der Waals surface area (Å²) in [5, 5.41) is 0. The largest absolute Gasteiger partial charge is 0.270 e. The van der Waals surface area contributed by atoms with Gasteiger partial charge >= 0.3 is 0 Å². The molecule has 1 aromatic rings. The van der Waals surface area contributed by atoms with Crippen molar-refractivity contribution in [1.82, 2.24) is 0 Å². The SMILES string of the molecule is CC1=NC(Cl)Cc2ccccc21. The van der Waals surface area contributed by atoms with Crippen molar-refractivity contribution in [1.29, 1.82) is 0 Å². The van der Waals surface area contributed by atoms with Crippen molar-refractivity contribution >= 4 is 17.3 Å². The van der Waals surface area contributed by atoms with E-state index in [9.17, 15) is 0 Å². The van der Waals surface area contributed by atoms with Gasteiger partial charge in [0.05, 0.1) is 0 Å². The van der Waals surface area contributed by atoms with Crippen LogP contribution >= 0.6 is 11.6 Å². The van der Waals surface area contributed by atoms with E-state index in [1.54, 1.807) is 0 Å². The molecule has 1 aliphatic heterocycles. The summed E-state index contributed by atoms with van der Waals surface area (Å²) in [7, 11) is 0. The van der Waals surface area contributed by atoms with E-state index < -0.39 is 0 Å². The molecule has 1 atom stereocenters. The number of hydrogen-bond donors (Lipinski definition) is 0. The zero-order valence-corrected chi connectivity index (χ0v) is 7.67. The molecule has 1 aliphatic rings. The van der Waals surface area contributed by atoms with Crippen molar-refractivity contribution in [3.63, 3.8) is 0 Å². The van der Waals surface area contributed by atoms with Crippen LogP contribution in [0.25, 0.3) is 0 Å². The second-order valence-corrected chi connectivity index (χ2v) is 3.51. The van der Waals surface area contributed by atoms with Gasteiger partial charge < -0.3 is 0 Å². The minimum atomic E-state index is -0.0695. The molecule has 0 aliphatic carbocycles. The minimum Gasteiger partial charge on any atom is -0.270 e. The summed E-state index contributed by atoms with van der Waals surface area (Å²) in [5.41, 5.74) is 3.54. The van der Waals surface area contributed by atoms with Crippen LogP contribution in [0.2, 0.25) is 0 Å². The maximum atomic E-state index is 5.95. The van der Waals surface area contributed by atoms with Crippen LogP contribution in [0.3, 0.4) is 0 Å². The summed E-state index contributed by atoms with van der Waals surface area (Å²) >= 11 is 5.95. The number of hydrogen-bond acceptors (Lipinski definition) is 1. The van der Waals surface area contributed by atoms with Gasteiger partial charge in [-0.25, -0.2) is 0 Å². The van der Waals surface area contributed by atoms with Crippen LogP contribution in [0.1, 0.15) is 18.1 Å². The van der Waals surface area contributed by atoms with Crippen molar-refractivity contribution in [2.75, 3.05) is 0 Å². The van der Waals surface area contributed by atoms with Crippen LogP contribution in [0.15, 0.2) is 29.3 Å². The molecular weight excluding hydrogens is 170 g/mol. The van der Waals surface area contributed by atoms with E-state index in [1.165, 1.54) is 11.1 Å². The van der Waals surface area contributed by atoms with Crippen LogP contribution in [0.5, 0.6) is 0 Å². The molecule has 1 aromatic carbocycles. The van der Waals surface area contributed by atoms with Crippen LogP contribution in [0.4, 0.5) is 0 Å². The van der Waals surface area contributed by atoms with Gasteiger partial charge in [0.1, 0.15) is 5.50 Å². The van der Waals surface area contributed by atoms with E-state index in [0.29, 0.717) is 0 Å².